The van der Waals surface area contributed by atoms with Crippen LogP contribution in [0.5, 0.6) is 0 Å². The SMILES string of the molecule is CCC[C@H]1CCc2c(sc(NC(=O)c3c(F)c(F)c(F)c(F)c3F)c2C(=O)OCC)C1. The topological polar surface area (TPSA) is 55.4 Å². The second kappa shape index (κ2) is 9.33. The molecule has 10 heteroatoms. The third-order valence-corrected chi connectivity index (χ3v) is 6.38. The molecule has 3 rings (SSSR count). The molecule has 2 aromatic rings. The first-order valence-corrected chi connectivity index (χ1v) is 10.7. The molecule has 0 unspecified atom stereocenters. The van der Waals surface area contributed by atoms with Gasteiger partial charge in [0.1, 0.15) is 10.6 Å². The Morgan fingerprint density at radius 1 is 1.00 bits per heavy atom. The van der Waals surface area contributed by atoms with Gasteiger partial charge in [0.2, 0.25) is 5.82 Å². The Balaban J connectivity index is 2.02. The normalized spacial score (nSPS) is 15.5. The molecule has 0 saturated carbocycles. The molecule has 1 aromatic heterocycles. The van der Waals surface area contributed by atoms with Crippen LogP contribution in [0.3, 0.4) is 0 Å². The van der Waals surface area contributed by atoms with Crippen LogP contribution < -0.4 is 5.32 Å². The number of esters is 1. The summed E-state index contributed by atoms with van der Waals surface area (Å²) >= 11 is 1.05. The highest BCUT2D eigenvalue weighted by molar-refractivity contribution is 7.17. The van der Waals surface area contributed by atoms with Gasteiger partial charge in [-0.1, -0.05) is 19.8 Å². The number of hydrogen-bond donors (Lipinski definition) is 1. The summed E-state index contributed by atoms with van der Waals surface area (Å²) in [7, 11) is 0. The van der Waals surface area contributed by atoms with Crippen molar-refractivity contribution >= 4 is 28.2 Å². The fourth-order valence-electron chi connectivity index (χ4n) is 3.79. The van der Waals surface area contributed by atoms with E-state index < -0.39 is 46.5 Å². The zero-order chi connectivity index (χ0) is 22.9. The van der Waals surface area contributed by atoms with Crippen LogP contribution in [0.15, 0.2) is 0 Å². The van der Waals surface area contributed by atoms with Gasteiger partial charge in [-0.05, 0) is 37.7 Å². The molecule has 0 spiro atoms. The molecule has 1 N–H and O–H groups in total. The molecule has 0 fully saturated rings. The Hall–Kier alpha value is -2.49. The van der Waals surface area contributed by atoms with Crippen molar-refractivity contribution in [3.8, 4) is 0 Å². The van der Waals surface area contributed by atoms with Crippen molar-refractivity contribution in [2.45, 2.75) is 46.0 Å². The van der Waals surface area contributed by atoms with E-state index >= 15 is 0 Å². The van der Waals surface area contributed by atoms with Crippen LogP contribution in [0.2, 0.25) is 0 Å². The Morgan fingerprint density at radius 3 is 2.19 bits per heavy atom. The minimum absolute atomic E-state index is 0.0328. The lowest BCUT2D eigenvalue weighted by molar-refractivity contribution is 0.0526. The van der Waals surface area contributed by atoms with E-state index in [0.29, 0.717) is 24.3 Å². The smallest absolute Gasteiger partial charge is 0.341 e. The maximum absolute atomic E-state index is 14.0. The standard InChI is InChI=1S/C21H20F5NO3S/c1-3-5-9-6-7-10-11(8-9)31-20(12(10)21(29)30-4-2)27-19(28)13-14(22)16(24)18(26)17(25)15(13)23/h9H,3-8H2,1-2H3,(H,27,28)/t9-/m0/s1. The molecule has 1 aliphatic carbocycles. The Labute approximate surface area is 179 Å². The van der Waals surface area contributed by atoms with E-state index in [1.54, 1.807) is 6.92 Å². The minimum atomic E-state index is -2.35. The van der Waals surface area contributed by atoms with Crippen molar-refractivity contribution in [2.24, 2.45) is 5.92 Å². The second-order valence-electron chi connectivity index (χ2n) is 7.22. The Kier molecular flexibility index (Phi) is 6.98. The second-order valence-corrected chi connectivity index (χ2v) is 8.33. The van der Waals surface area contributed by atoms with Crippen molar-refractivity contribution in [3.05, 3.63) is 50.7 Å². The van der Waals surface area contributed by atoms with E-state index in [1.807, 2.05) is 0 Å². The summed E-state index contributed by atoms with van der Waals surface area (Å²) in [6, 6.07) is 0. The lowest BCUT2D eigenvalue weighted by Crippen LogP contribution is -2.20. The van der Waals surface area contributed by atoms with Crippen LogP contribution in [0.1, 0.15) is 64.3 Å². The summed E-state index contributed by atoms with van der Waals surface area (Å²) < 4.78 is 73.4. The van der Waals surface area contributed by atoms with E-state index in [1.165, 1.54) is 0 Å². The molecule has 1 atom stereocenters. The molecule has 1 amide bonds. The average molecular weight is 461 g/mol. The first-order chi connectivity index (χ1) is 14.7. The minimum Gasteiger partial charge on any atom is -0.462 e. The number of rotatable bonds is 6. The summed E-state index contributed by atoms with van der Waals surface area (Å²) in [5.41, 5.74) is -0.862. The summed E-state index contributed by atoms with van der Waals surface area (Å²) in [6.45, 7) is 3.72. The van der Waals surface area contributed by atoms with E-state index in [9.17, 15) is 31.5 Å². The third-order valence-electron chi connectivity index (χ3n) is 5.21. The largest absolute Gasteiger partial charge is 0.462 e. The lowest BCUT2D eigenvalue weighted by atomic mass is 9.84. The van der Waals surface area contributed by atoms with Gasteiger partial charge in [-0.2, -0.15) is 0 Å². The molecule has 0 aliphatic heterocycles. The lowest BCUT2D eigenvalue weighted by Gasteiger charge is -2.21. The van der Waals surface area contributed by atoms with Crippen LogP contribution in [0.4, 0.5) is 27.0 Å². The molecule has 0 saturated heterocycles. The first kappa shape index (κ1) is 23.2. The van der Waals surface area contributed by atoms with Crippen molar-refractivity contribution < 1.29 is 36.3 Å². The number of halogens is 5. The van der Waals surface area contributed by atoms with Gasteiger partial charge in [0, 0.05) is 4.88 Å². The van der Waals surface area contributed by atoms with Crippen LogP contribution in [-0.2, 0) is 17.6 Å². The van der Waals surface area contributed by atoms with Crippen molar-refractivity contribution in [2.75, 3.05) is 11.9 Å². The molecule has 168 valence electrons. The van der Waals surface area contributed by atoms with Gasteiger partial charge in [0.15, 0.2) is 23.3 Å². The predicted molar refractivity (Wildman–Crippen MR) is 105 cm³/mol. The highest BCUT2D eigenvalue weighted by Gasteiger charge is 2.33. The Bertz CT molecular complexity index is 1010. The van der Waals surface area contributed by atoms with Gasteiger partial charge in [-0.15, -0.1) is 11.3 Å². The molecular weight excluding hydrogens is 441 g/mol. The van der Waals surface area contributed by atoms with Crippen LogP contribution >= 0.6 is 11.3 Å². The van der Waals surface area contributed by atoms with E-state index in [4.69, 9.17) is 4.74 Å². The maximum Gasteiger partial charge on any atom is 0.341 e. The van der Waals surface area contributed by atoms with Gasteiger partial charge in [-0.25, -0.2) is 26.7 Å². The number of anilines is 1. The fourth-order valence-corrected chi connectivity index (χ4v) is 5.13. The quantitative estimate of drug-likeness (QED) is 0.257. The molecule has 0 bridgehead atoms. The van der Waals surface area contributed by atoms with Crippen molar-refractivity contribution in [1.29, 1.82) is 0 Å². The zero-order valence-corrected chi connectivity index (χ0v) is 17.7. The molecular formula is C21H20F5NO3S. The highest BCUT2D eigenvalue weighted by atomic mass is 32.1. The number of benzene rings is 1. The average Bonchev–Trinajstić information content (AvgIpc) is 3.08. The van der Waals surface area contributed by atoms with Gasteiger partial charge in [0.25, 0.3) is 5.91 Å². The van der Waals surface area contributed by atoms with Gasteiger partial charge in [0.05, 0.1) is 12.2 Å². The number of nitrogens with one attached hydrogen (secondary N) is 1. The van der Waals surface area contributed by atoms with Crippen molar-refractivity contribution in [1.82, 2.24) is 0 Å². The number of fused-ring (bicyclic) bond motifs is 1. The van der Waals surface area contributed by atoms with E-state index in [-0.39, 0.29) is 17.2 Å². The zero-order valence-electron chi connectivity index (χ0n) is 16.8. The molecule has 4 nitrogen and oxygen atoms in total. The summed E-state index contributed by atoms with van der Waals surface area (Å²) in [6.07, 6.45) is 4.02. The predicted octanol–water partition coefficient (Wildman–Crippen LogP) is 5.78. The number of thiophene rings is 1. The number of ether oxygens (including phenoxy) is 1. The van der Waals surface area contributed by atoms with E-state index in [2.05, 4.69) is 12.2 Å². The van der Waals surface area contributed by atoms with Gasteiger partial charge in [-0.3, -0.25) is 4.79 Å². The summed E-state index contributed by atoms with van der Waals surface area (Å²) in [5.74, 6) is -13.1. The number of hydrogen-bond acceptors (Lipinski definition) is 4. The van der Waals surface area contributed by atoms with Crippen LogP contribution in [0.25, 0.3) is 0 Å². The molecule has 1 aliphatic rings. The van der Waals surface area contributed by atoms with Gasteiger partial charge >= 0.3 is 5.97 Å². The summed E-state index contributed by atoms with van der Waals surface area (Å²) in [5, 5.41) is 2.14. The van der Waals surface area contributed by atoms with Crippen LogP contribution in [-0.4, -0.2) is 18.5 Å². The third kappa shape index (κ3) is 4.30. The first-order valence-electron chi connectivity index (χ1n) is 9.85. The monoisotopic (exact) mass is 461 g/mol. The maximum atomic E-state index is 14.0. The van der Waals surface area contributed by atoms with E-state index in [0.717, 1.165) is 35.5 Å². The number of carbonyl (C=O) groups excluding carboxylic acids is 2. The molecule has 31 heavy (non-hydrogen) atoms. The van der Waals surface area contributed by atoms with Gasteiger partial charge < -0.3 is 10.1 Å². The number of carbonyl (C=O) groups is 2. The Morgan fingerprint density at radius 2 is 1.61 bits per heavy atom. The molecule has 1 heterocycles. The van der Waals surface area contributed by atoms with Crippen LogP contribution in [0, 0.1) is 35.0 Å². The highest BCUT2D eigenvalue weighted by Crippen LogP contribution is 2.41. The molecule has 0 radical (unpaired) electrons. The fraction of sp³-hybridized carbons (Fsp3) is 0.429. The molecule has 1 aromatic carbocycles. The number of amides is 1. The van der Waals surface area contributed by atoms with Crippen molar-refractivity contribution in [3.63, 3.8) is 0 Å². The summed E-state index contributed by atoms with van der Waals surface area (Å²) in [4.78, 5) is 25.9.